The van der Waals surface area contributed by atoms with Gasteiger partial charge >= 0.3 is 0 Å². The first-order chi connectivity index (χ1) is 13.6. The summed E-state index contributed by atoms with van der Waals surface area (Å²) in [4.78, 5) is 31.3. The number of benzene rings is 1. The highest BCUT2D eigenvalue weighted by atomic mass is 16.7. The Labute approximate surface area is 163 Å². The van der Waals surface area contributed by atoms with Crippen molar-refractivity contribution >= 4 is 17.5 Å². The van der Waals surface area contributed by atoms with Crippen molar-refractivity contribution in [1.82, 2.24) is 9.88 Å². The van der Waals surface area contributed by atoms with Crippen LogP contribution >= 0.6 is 0 Å². The Balaban J connectivity index is 1.44. The van der Waals surface area contributed by atoms with E-state index in [1.165, 1.54) is 6.20 Å². The summed E-state index contributed by atoms with van der Waals surface area (Å²) < 4.78 is 11.4. The zero-order chi connectivity index (χ0) is 19.6. The van der Waals surface area contributed by atoms with E-state index in [4.69, 9.17) is 9.47 Å². The number of pyridine rings is 1. The van der Waals surface area contributed by atoms with E-state index in [0.717, 1.165) is 11.3 Å². The predicted molar refractivity (Wildman–Crippen MR) is 103 cm³/mol. The lowest BCUT2D eigenvalue weighted by molar-refractivity contribution is -0.181. The molecule has 2 saturated heterocycles. The number of para-hydroxylation sites is 1. The number of aromatic nitrogens is 1. The molecule has 2 aromatic rings. The van der Waals surface area contributed by atoms with Gasteiger partial charge in [-0.1, -0.05) is 18.2 Å². The zero-order valence-electron chi connectivity index (χ0n) is 15.8. The Morgan fingerprint density at radius 3 is 2.54 bits per heavy atom. The maximum atomic E-state index is 12.9. The van der Waals surface area contributed by atoms with Crippen LogP contribution in [0.3, 0.4) is 0 Å². The lowest BCUT2D eigenvalue weighted by Crippen LogP contribution is -2.47. The van der Waals surface area contributed by atoms with Crippen molar-refractivity contribution in [3.63, 3.8) is 0 Å². The molecule has 0 atom stereocenters. The minimum absolute atomic E-state index is 0.111. The number of piperidine rings is 1. The van der Waals surface area contributed by atoms with E-state index < -0.39 is 5.79 Å². The van der Waals surface area contributed by atoms with E-state index in [1.54, 1.807) is 17.0 Å². The molecule has 7 nitrogen and oxygen atoms in total. The van der Waals surface area contributed by atoms with Crippen LogP contribution in [0.25, 0.3) is 0 Å². The molecule has 146 valence electrons. The van der Waals surface area contributed by atoms with Crippen LogP contribution in [0, 0.1) is 6.92 Å². The summed E-state index contributed by atoms with van der Waals surface area (Å²) >= 11 is 0. The first kappa shape index (κ1) is 18.6. The third-order valence-corrected chi connectivity index (χ3v) is 5.26. The van der Waals surface area contributed by atoms with Crippen molar-refractivity contribution in [3.05, 3.63) is 59.4 Å². The van der Waals surface area contributed by atoms with E-state index in [1.807, 2.05) is 31.2 Å². The van der Waals surface area contributed by atoms with Crippen LogP contribution in [0.15, 0.2) is 42.6 Å². The lowest BCUT2D eigenvalue weighted by atomic mass is 10.0. The maximum Gasteiger partial charge on any atom is 0.274 e. The molecule has 0 aliphatic carbocycles. The van der Waals surface area contributed by atoms with Crippen molar-refractivity contribution < 1.29 is 19.1 Å². The number of aryl methyl sites for hydroxylation is 1. The first-order valence-corrected chi connectivity index (χ1v) is 9.47. The van der Waals surface area contributed by atoms with Crippen LogP contribution in [-0.2, 0) is 9.47 Å². The molecular weight excluding hydrogens is 358 g/mol. The smallest absolute Gasteiger partial charge is 0.274 e. The molecule has 0 radical (unpaired) electrons. The second-order valence-corrected chi connectivity index (χ2v) is 7.10. The molecule has 0 unspecified atom stereocenters. The molecule has 1 N–H and O–H groups in total. The molecular formula is C21H23N3O4. The number of carbonyl (C=O) groups excluding carboxylic acids is 2. The lowest BCUT2D eigenvalue weighted by Gasteiger charge is -2.37. The average molecular weight is 381 g/mol. The Bertz CT molecular complexity index is 883. The van der Waals surface area contributed by atoms with Crippen molar-refractivity contribution in [2.75, 3.05) is 31.6 Å². The van der Waals surface area contributed by atoms with Gasteiger partial charge in [0.25, 0.3) is 11.8 Å². The largest absolute Gasteiger partial charge is 0.347 e. The molecule has 3 heterocycles. The van der Waals surface area contributed by atoms with Crippen LogP contribution in [0.2, 0.25) is 0 Å². The molecule has 2 aliphatic heterocycles. The fourth-order valence-electron chi connectivity index (χ4n) is 3.61. The number of nitrogens with one attached hydrogen (secondary N) is 1. The Kier molecular flexibility index (Phi) is 5.11. The summed E-state index contributed by atoms with van der Waals surface area (Å²) in [5.74, 6) is -0.970. The normalized spacial score (nSPS) is 18.2. The number of carbonyl (C=O) groups is 2. The van der Waals surface area contributed by atoms with Gasteiger partial charge in [-0.25, -0.2) is 0 Å². The van der Waals surface area contributed by atoms with Crippen molar-refractivity contribution in [2.24, 2.45) is 0 Å². The zero-order valence-corrected chi connectivity index (χ0v) is 15.8. The molecule has 2 aliphatic rings. The van der Waals surface area contributed by atoms with Gasteiger partial charge in [-0.2, -0.15) is 0 Å². The van der Waals surface area contributed by atoms with Gasteiger partial charge in [0.05, 0.1) is 13.2 Å². The van der Waals surface area contributed by atoms with Crippen molar-refractivity contribution in [1.29, 1.82) is 0 Å². The number of likely N-dealkylation sites (tertiary alicyclic amines) is 1. The van der Waals surface area contributed by atoms with Crippen LogP contribution in [0.5, 0.6) is 0 Å². The molecule has 4 rings (SSSR count). The number of ether oxygens (including phenoxy) is 2. The van der Waals surface area contributed by atoms with Crippen LogP contribution < -0.4 is 5.32 Å². The maximum absolute atomic E-state index is 12.9. The predicted octanol–water partition coefficient (Wildman–Crippen LogP) is 2.62. The summed E-state index contributed by atoms with van der Waals surface area (Å²) in [6.07, 6.45) is 2.81. The molecule has 0 bridgehead atoms. The van der Waals surface area contributed by atoms with Gasteiger partial charge in [0, 0.05) is 43.4 Å². The number of hydrogen-bond acceptors (Lipinski definition) is 5. The second kappa shape index (κ2) is 7.69. The highest BCUT2D eigenvalue weighted by molar-refractivity contribution is 6.05. The standard InChI is InChI=1S/C21H23N3O4/c1-15-4-2-3-5-17(15)23-19(25)18-14-16(6-9-22-18)20(26)24-10-7-21(8-11-24)27-12-13-28-21/h2-6,9,14H,7-8,10-13H2,1H3,(H,23,25). The van der Waals surface area contributed by atoms with Crippen LogP contribution in [0.4, 0.5) is 5.69 Å². The van der Waals surface area contributed by atoms with Gasteiger partial charge in [-0.3, -0.25) is 14.6 Å². The molecule has 28 heavy (non-hydrogen) atoms. The minimum atomic E-state index is -0.520. The third kappa shape index (κ3) is 3.76. The average Bonchev–Trinajstić information content (AvgIpc) is 3.18. The van der Waals surface area contributed by atoms with E-state index >= 15 is 0 Å². The van der Waals surface area contributed by atoms with Gasteiger partial charge < -0.3 is 19.7 Å². The first-order valence-electron chi connectivity index (χ1n) is 9.47. The second-order valence-electron chi connectivity index (χ2n) is 7.10. The van der Waals surface area contributed by atoms with E-state index in [9.17, 15) is 9.59 Å². The molecule has 2 fully saturated rings. The number of rotatable bonds is 3. The summed E-state index contributed by atoms with van der Waals surface area (Å²) in [5.41, 5.74) is 2.35. The van der Waals surface area contributed by atoms with Gasteiger partial charge in [-0.15, -0.1) is 0 Å². The Morgan fingerprint density at radius 1 is 1.11 bits per heavy atom. The Morgan fingerprint density at radius 2 is 1.82 bits per heavy atom. The highest BCUT2D eigenvalue weighted by Gasteiger charge is 2.40. The molecule has 2 amide bonds. The number of anilines is 1. The van der Waals surface area contributed by atoms with E-state index in [-0.39, 0.29) is 17.5 Å². The summed E-state index contributed by atoms with van der Waals surface area (Å²) in [6.45, 7) is 4.26. The van der Waals surface area contributed by atoms with Gasteiger partial charge in [-0.05, 0) is 30.7 Å². The van der Waals surface area contributed by atoms with Crippen molar-refractivity contribution in [2.45, 2.75) is 25.6 Å². The molecule has 1 aromatic carbocycles. The molecule has 7 heteroatoms. The quantitative estimate of drug-likeness (QED) is 0.884. The minimum Gasteiger partial charge on any atom is -0.347 e. The van der Waals surface area contributed by atoms with Gasteiger partial charge in [0.1, 0.15) is 5.69 Å². The summed E-state index contributed by atoms with van der Waals surface area (Å²) in [7, 11) is 0. The Hall–Kier alpha value is -2.77. The van der Waals surface area contributed by atoms with Crippen molar-refractivity contribution in [3.8, 4) is 0 Å². The fourth-order valence-corrected chi connectivity index (χ4v) is 3.61. The van der Waals surface area contributed by atoms with E-state index in [0.29, 0.717) is 44.7 Å². The van der Waals surface area contributed by atoms with E-state index in [2.05, 4.69) is 10.3 Å². The van der Waals surface area contributed by atoms with Gasteiger partial charge in [0.2, 0.25) is 0 Å². The number of hydrogen-bond donors (Lipinski definition) is 1. The number of amides is 2. The third-order valence-electron chi connectivity index (χ3n) is 5.26. The SMILES string of the molecule is Cc1ccccc1NC(=O)c1cc(C(=O)N2CCC3(CC2)OCCO3)ccn1. The summed E-state index contributed by atoms with van der Waals surface area (Å²) in [6, 6.07) is 10.7. The topological polar surface area (TPSA) is 80.8 Å². The summed E-state index contributed by atoms with van der Waals surface area (Å²) in [5, 5.41) is 2.85. The molecule has 0 saturated carbocycles. The fraction of sp³-hybridized carbons (Fsp3) is 0.381. The highest BCUT2D eigenvalue weighted by Crippen LogP contribution is 2.31. The van der Waals surface area contributed by atoms with Crippen LogP contribution in [-0.4, -0.2) is 53.8 Å². The van der Waals surface area contributed by atoms with Gasteiger partial charge in [0.15, 0.2) is 5.79 Å². The molecule has 1 spiro atoms. The van der Waals surface area contributed by atoms with Crippen LogP contribution in [0.1, 0.15) is 39.3 Å². The monoisotopic (exact) mass is 381 g/mol. The molecule has 1 aromatic heterocycles. The number of nitrogens with zero attached hydrogens (tertiary/aromatic N) is 2.